The number of nitrogens with zero attached hydrogens (tertiary/aromatic N) is 2. The lowest BCUT2D eigenvalue weighted by molar-refractivity contribution is -0.146. The molecular weight excluding hydrogens is 556 g/mol. The summed E-state index contributed by atoms with van der Waals surface area (Å²) >= 11 is 0. The van der Waals surface area contributed by atoms with Gasteiger partial charge in [0, 0.05) is 54.8 Å². The number of imide groups is 1. The molecule has 4 aliphatic rings. The highest BCUT2D eigenvalue weighted by molar-refractivity contribution is 6.27. The second kappa shape index (κ2) is 11.8. The van der Waals surface area contributed by atoms with Crippen LogP contribution in [0.15, 0.2) is 42.1 Å². The summed E-state index contributed by atoms with van der Waals surface area (Å²) in [6, 6.07) is 8.73. The van der Waals surface area contributed by atoms with Gasteiger partial charge in [0.1, 0.15) is 6.04 Å². The first-order valence-electron chi connectivity index (χ1n) is 15.9. The molecule has 10 heteroatoms. The summed E-state index contributed by atoms with van der Waals surface area (Å²) in [7, 11) is 0. The van der Waals surface area contributed by atoms with Gasteiger partial charge in [-0.05, 0) is 87.2 Å². The maximum Gasteiger partial charge on any atom is 0.259 e. The number of nitrogens with one attached hydrogen (secondary N) is 4. The van der Waals surface area contributed by atoms with Crippen molar-refractivity contribution in [2.45, 2.75) is 76.8 Å². The molecule has 3 saturated heterocycles. The first kappa shape index (κ1) is 30.0. The van der Waals surface area contributed by atoms with Crippen molar-refractivity contribution < 1.29 is 19.2 Å². The summed E-state index contributed by atoms with van der Waals surface area (Å²) in [5.41, 5.74) is 2.60. The van der Waals surface area contributed by atoms with Gasteiger partial charge in [0.2, 0.25) is 17.7 Å². The van der Waals surface area contributed by atoms with Crippen molar-refractivity contribution in [2.75, 3.05) is 31.1 Å². The molecule has 0 saturated carbocycles. The van der Waals surface area contributed by atoms with Crippen LogP contribution in [0, 0.1) is 10.8 Å². The zero-order chi connectivity index (χ0) is 31.1. The van der Waals surface area contributed by atoms with Gasteiger partial charge < -0.3 is 20.9 Å². The zero-order valence-electron chi connectivity index (χ0n) is 25.6. The molecule has 0 aromatic heterocycles. The van der Waals surface area contributed by atoms with Gasteiger partial charge in [-0.25, -0.2) is 0 Å². The van der Waals surface area contributed by atoms with Crippen LogP contribution in [0.25, 0.3) is 10.8 Å². The Bertz CT molecular complexity index is 1550. The van der Waals surface area contributed by atoms with Crippen LogP contribution in [0.3, 0.4) is 0 Å². The van der Waals surface area contributed by atoms with Crippen molar-refractivity contribution in [1.29, 1.82) is 5.41 Å². The van der Waals surface area contributed by atoms with Crippen molar-refractivity contribution >= 4 is 46.3 Å². The summed E-state index contributed by atoms with van der Waals surface area (Å²) < 4.78 is 0. The average Bonchev–Trinajstić information content (AvgIpc) is 3.32. The largest absolute Gasteiger partial charge is 0.385 e. The topological polar surface area (TPSA) is 135 Å². The summed E-state index contributed by atoms with van der Waals surface area (Å²) in [6.45, 7) is 7.56. The highest BCUT2D eigenvalue weighted by atomic mass is 16.2. The molecule has 0 spiro atoms. The molecule has 3 fully saturated rings. The second-order valence-electron chi connectivity index (χ2n) is 13.0. The molecule has 232 valence electrons. The molecule has 1 unspecified atom stereocenters. The van der Waals surface area contributed by atoms with Gasteiger partial charge in [-0.3, -0.25) is 29.4 Å². The Morgan fingerprint density at radius 1 is 1.09 bits per heavy atom. The summed E-state index contributed by atoms with van der Waals surface area (Å²) in [5, 5.41) is 19.2. The highest BCUT2D eigenvalue weighted by Gasteiger charge is 2.43. The fourth-order valence-corrected chi connectivity index (χ4v) is 7.40. The number of benzene rings is 2. The van der Waals surface area contributed by atoms with E-state index in [-0.39, 0.29) is 29.2 Å². The molecule has 10 nitrogen and oxygen atoms in total. The summed E-state index contributed by atoms with van der Waals surface area (Å²) in [6.07, 6.45) is 8.62. The third-order valence-corrected chi connectivity index (χ3v) is 10.4. The molecular formula is C34H42N6O4. The van der Waals surface area contributed by atoms with Crippen molar-refractivity contribution in [1.82, 2.24) is 20.9 Å². The first-order chi connectivity index (χ1) is 21.2. The van der Waals surface area contributed by atoms with E-state index >= 15 is 0 Å². The standard InChI is InChI=1S/C34H42N6O4/c1-3-34(11-15-36-16-12-34)32(44)39-17-13-33(2,14-18-39)37-21-22(20-35)19-23-7-8-26-29-24(23)5-4-6-25(29)31(43)40(26)27-9-10-28(41)38-30(27)42/h4-8,20-21,27,35-37H,3,9-19H2,1-2H3,(H,38,41,42)/b22-21-,35-20?. The number of rotatable bonds is 8. The van der Waals surface area contributed by atoms with E-state index in [1.165, 1.54) is 11.1 Å². The van der Waals surface area contributed by atoms with Crippen LogP contribution in [0.4, 0.5) is 5.69 Å². The number of hydrogen-bond donors (Lipinski definition) is 4. The number of piperidine rings is 3. The Kier molecular flexibility index (Phi) is 8.04. The van der Waals surface area contributed by atoms with Crippen LogP contribution in [0.2, 0.25) is 0 Å². The van der Waals surface area contributed by atoms with Crippen LogP contribution in [0.1, 0.15) is 74.7 Å². The smallest absolute Gasteiger partial charge is 0.259 e. The van der Waals surface area contributed by atoms with Crippen LogP contribution in [-0.2, 0) is 20.8 Å². The third-order valence-electron chi connectivity index (χ3n) is 10.4. The summed E-state index contributed by atoms with van der Waals surface area (Å²) in [4.78, 5) is 55.0. The SMILES string of the molecule is CCC1(C(=O)N2CCC(C)(N/C=C(\C=N)Cc3ccc4c5c(cccc35)C(=O)N4C3CCC(=O)NC3=O)CC2)CCNCC1. The number of carbonyl (C=O) groups excluding carboxylic acids is 4. The van der Waals surface area contributed by atoms with Gasteiger partial charge in [-0.1, -0.05) is 25.1 Å². The molecule has 2 aromatic carbocycles. The van der Waals surface area contributed by atoms with Gasteiger partial charge in [-0.15, -0.1) is 0 Å². The monoisotopic (exact) mass is 598 g/mol. The minimum absolute atomic E-state index is 0.185. The Labute approximate surface area is 258 Å². The molecule has 4 aliphatic heterocycles. The van der Waals surface area contributed by atoms with Gasteiger partial charge in [0.15, 0.2) is 0 Å². The third kappa shape index (κ3) is 5.29. The normalized spacial score (nSPS) is 23.1. The highest BCUT2D eigenvalue weighted by Crippen LogP contribution is 2.41. The lowest BCUT2D eigenvalue weighted by Crippen LogP contribution is -2.55. The van der Waals surface area contributed by atoms with E-state index in [4.69, 9.17) is 5.41 Å². The van der Waals surface area contributed by atoms with Crippen LogP contribution in [-0.4, -0.2) is 72.5 Å². The Hall–Kier alpha value is -4.05. The molecule has 6 rings (SSSR count). The van der Waals surface area contributed by atoms with E-state index in [0.29, 0.717) is 30.0 Å². The number of allylic oxidation sites excluding steroid dienone is 1. The predicted molar refractivity (Wildman–Crippen MR) is 170 cm³/mol. The molecule has 0 aliphatic carbocycles. The lowest BCUT2D eigenvalue weighted by Gasteiger charge is -2.45. The fraction of sp³-hybridized carbons (Fsp3) is 0.500. The van der Waals surface area contributed by atoms with Gasteiger partial charge >= 0.3 is 0 Å². The van der Waals surface area contributed by atoms with Gasteiger partial charge in [0.05, 0.1) is 11.1 Å². The average molecular weight is 599 g/mol. The summed E-state index contributed by atoms with van der Waals surface area (Å²) in [5.74, 6) is -0.685. The fourth-order valence-electron chi connectivity index (χ4n) is 7.40. The molecule has 4 amide bonds. The van der Waals surface area contributed by atoms with Crippen molar-refractivity contribution in [2.24, 2.45) is 5.41 Å². The maximum absolute atomic E-state index is 13.5. The van der Waals surface area contributed by atoms with E-state index in [1.807, 2.05) is 30.5 Å². The van der Waals surface area contributed by atoms with E-state index in [0.717, 1.165) is 80.2 Å². The number of amides is 4. The quantitative estimate of drug-likeness (QED) is 0.272. The van der Waals surface area contributed by atoms with E-state index in [1.54, 1.807) is 6.07 Å². The predicted octanol–water partition coefficient (Wildman–Crippen LogP) is 3.43. The van der Waals surface area contributed by atoms with Crippen LogP contribution >= 0.6 is 0 Å². The Balaban J connectivity index is 1.16. The Morgan fingerprint density at radius 2 is 1.84 bits per heavy atom. The number of carbonyl (C=O) groups is 4. The minimum Gasteiger partial charge on any atom is -0.385 e. The van der Waals surface area contributed by atoms with Crippen LogP contribution < -0.4 is 20.9 Å². The van der Waals surface area contributed by atoms with Gasteiger partial charge in [0.25, 0.3) is 5.91 Å². The van der Waals surface area contributed by atoms with Crippen molar-refractivity contribution in [3.63, 3.8) is 0 Å². The molecule has 2 aromatic rings. The van der Waals surface area contributed by atoms with Crippen molar-refractivity contribution in [3.8, 4) is 0 Å². The van der Waals surface area contributed by atoms with Crippen LogP contribution in [0.5, 0.6) is 0 Å². The number of likely N-dealkylation sites (tertiary alicyclic amines) is 1. The lowest BCUT2D eigenvalue weighted by atomic mass is 9.74. The van der Waals surface area contributed by atoms with Gasteiger partial charge in [-0.2, -0.15) is 0 Å². The maximum atomic E-state index is 13.5. The van der Waals surface area contributed by atoms with Crippen molar-refractivity contribution in [3.05, 3.63) is 53.2 Å². The minimum atomic E-state index is -0.725. The van der Waals surface area contributed by atoms with E-state index < -0.39 is 11.9 Å². The van der Waals surface area contributed by atoms with E-state index in [9.17, 15) is 19.2 Å². The zero-order valence-corrected chi connectivity index (χ0v) is 25.6. The number of hydrogen-bond acceptors (Lipinski definition) is 7. The molecule has 1 atom stereocenters. The molecule has 44 heavy (non-hydrogen) atoms. The van der Waals surface area contributed by atoms with E-state index in [2.05, 4.69) is 34.7 Å². The number of anilines is 1. The molecule has 0 bridgehead atoms. The Morgan fingerprint density at radius 3 is 2.52 bits per heavy atom. The molecule has 4 heterocycles. The molecule has 4 N–H and O–H groups in total. The first-order valence-corrected chi connectivity index (χ1v) is 15.9. The molecule has 0 radical (unpaired) electrons. The second-order valence-corrected chi connectivity index (χ2v) is 13.0.